The van der Waals surface area contributed by atoms with Crippen LogP contribution in [0.3, 0.4) is 0 Å². The molecule has 33 heavy (non-hydrogen) atoms. The Labute approximate surface area is 207 Å². The van der Waals surface area contributed by atoms with Gasteiger partial charge in [-0.05, 0) is 48.4 Å². The van der Waals surface area contributed by atoms with Gasteiger partial charge in [0.15, 0.2) is 0 Å². The average molecular weight is 503 g/mol. The van der Waals surface area contributed by atoms with Gasteiger partial charge in [0.2, 0.25) is 5.91 Å². The molecule has 0 spiro atoms. The molecular weight excluding hydrogens is 480 g/mol. The van der Waals surface area contributed by atoms with E-state index >= 15 is 0 Å². The minimum Gasteiger partial charge on any atom is -0.462 e. The second-order valence-electron chi connectivity index (χ2n) is 7.22. The third-order valence-corrected chi connectivity index (χ3v) is 6.49. The Morgan fingerprint density at radius 2 is 1.91 bits per heavy atom. The van der Waals surface area contributed by atoms with Crippen molar-refractivity contribution in [1.82, 2.24) is 4.90 Å². The number of unbranched alkanes of at least 4 members (excludes halogenated alkanes) is 1. The number of benzene rings is 2. The molecule has 1 saturated heterocycles. The lowest BCUT2D eigenvalue weighted by Gasteiger charge is -2.14. The molecule has 9 heteroatoms. The maximum atomic E-state index is 12.7. The van der Waals surface area contributed by atoms with Gasteiger partial charge in [-0.15, -0.1) is 0 Å². The van der Waals surface area contributed by atoms with Crippen LogP contribution in [0.15, 0.2) is 53.4 Å². The molecule has 3 rings (SSSR count). The summed E-state index contributed by atoms with van der Waals surface area (Å²) in [5.74, 6) is -0.901. The van der Waals surface area contributed by atoms with Crippen LogP contribution in [0.4, 0.5) is 5.69 Å². The quantitative estimate of drug-likeness (QED) is 0.210. The summed E-state index contributed by atoms with van der Waals surface area (Å²) < 4.78 is 5.57. The van der Waals surface area contributed by atoms with Crippen molar-refractivity contribution < 1.29 is 19.1 Å². The number of halogens is 1. The molecule has 0 aliphatic carbocycles. The highest BCUT2D eigenvalue weighted by atomic mass is 35.5. The molecule has 172 valence electrons. The highest BCUT2D eigenvalue weighted by Crippen LogP contribution is 2.33. The highest BCUT2D eigenvalue weighted by Gasteiger charge is 2.32. The lowest BCUT2D eigenvalue weighted by atomic mass is 10.2. The first-order chi connectivity index (χ1) is 15.9. The minimum atomic E-state index is -0.388. The summed E-state index contributed by atoms with van der Waals surface area (Å²) in [5.41, 5.74) is 1.70. The van der Waals surface area contributed by atoms with E-state index in [0.29, 0.717) is 32.1 Å². The Balaban J connectivity index is 1.52. The van der Waals surface area contributed by atoms with Crippen molar-refractivity contribution in [3.63, 3.8) is 0 Å². The molecular formula is C24H23ClN2O4S2. The number of carbonyl (C=O) groups excluding carboxylic acids is 3. The summed E-state index contributed by atoms with van der Waals surface area (Å²) >= 11 is 12.7. The molecule has 1 N–H and O–H groups in total. The minimum absolute atomic E-state index is 0.0760. The van der Waals surface area contributed by atoms with Gasteiger partial charge >= 0.3 is 5.97 Å². The molecule has 2 aromatic carbocycles. The number of nitrogens with zero attached hydrogens (tertiary/aromatic N) is 1. The van der Waals surface area contributed by atoms with E-state index < -0.39 is 0 Å². The number of thiocarbonyl (C=S) groups is 1. The predicted molar refractivity (Wildman–Crippen MR) is 136 cm³/mol. The normalized spacial score (nSPS) is 14.6. The van der Waals surface area contributed by atoms with Gasteiger partial charge in [-0.1, -0.05) is 67.1 Å². The van der Waals surface area contributed by atoms with Crippen LogP contribution in [-0.4, -0.2) is 40.2 Å². The molecule has 1 aliphatic rings. The SMILES string of the molecule is CCCCOC(=O)c1ccc(NC(=O)CCN2C(=O)/C(=C\c3ccccc3Cl)SC2=S)cc1. The van der Waals surface area contributed by atoms with Crippen molar-refractivity contribution in [2.45, 2.75) is 26.2 Å². The second kappa shape index (κ2) is 12.0. The molecule has 1 heterocycles. The van der Waals surface area contributed by atoms with Crippen LogP contribution < -0.4 is 5.32 Å². The maximum Gasteiger partial charge on any atom is 0.338 e. The summed E-state index contributed by atoms with van der Waals surface area (Å²) in [4.78, 5) is 38.9. The Hall–Kier alpha value is -2.68. The van der Waals surface area contributed by atoms with E-state index in [0.717, 1.165) is 18.4 Å². The van der Waals surface area contributed by atoms with Crippen molar-refractivity contribution in [1.29, 1.82) is 0 Å². The van der Waals surface area contributed by atoms with E-state index in [-0.39, 0.29) is 30.7 Å². The number of rotatable bonds is 9. The third-order valence-electron chi connectivity index (χ3n) is 4.76. The largest absolute Gasteiger partial charge is 0.462 e. The van der Waals surface area contributed by atoms with Gasteiger partial charge in [-0.3, -0.25) is 14.5 Å². The smallest absolute Gasteiger partial charge is 0.338 e. The second-order valence-corrected chi connectivity index (χ2v) is 9.30. The van der Waals surface area contributed by atoms with Crippen molar-refractivity contribution in [3.05, 3.63) is 69.6 Å². The monoisotopic (exact) mass is 502 g/mol. The lowest BCUT2D eigenvalue weighted by Crippen LogP contribution is -2.31. The van der Waals surface area contributed by atoms with Crippen LogP contribution in [0.5, 0.6) is 0 Å². The number of anilines is 1. The number of nitrogens with one attached hydrogen (secondary N) is 1. The number of amides is 2. The number of hydrogen-bond acceptors (Lipinski definition) is 6. The average Bonchev–Trinajstić information content (AvgIpc) is 3.06. The molecule has 2 amide bonds. The van der Waals surface area contributed by atoms with Crippen LogP contribution in [0.25, 0.3) is 6.08 Å². The number of esters is 1. The van der Waals surface area contributed by atoms with Gasteiger partial charge in [0, 0.05) is 23.7 Å². The summed E-state index contributed by atoms with van der Waals surface area (Å²) in [7, 11) is 0. The topological polar surface area (TPSA) is 75.7 Å². The van der Waals surface area contributed by atoms with E-state index in [2.05, 4.69) is 5.32 Å². The van der Waals surface area contributed by atoms with E-state index in [9.17, 15) is 14.4 Å². The predicted octanol–water partition coefficient (Wildman–Crippen LogP) is 5.53. The molecule has 1 fully saturated rings. The van der Waals surface area contributed by atoms with Crippen LogP contribution in [0, 0.1) is 0 Å². The molecule has 0 saturated carbocycles. The summed E-state index contributed by atoms with van der Waals surface area (Å²) in [6.07, 6.45) is 3.55. The molecule has 6 nitrogen and oxygen atoms in total. The number of thioether (sulfide) groups is 1. The summed E-state index contributed by atoms with van der Waals surface area (Å²) in [5, 5.41) is 3.31. The van der Waals surface area contributed by atoms with Crippen molar-refractivity contribution in [2.75, 3.05) is 18.5 Å². The molecule has 1 aliphatic heterocycles. The first kappa shape index (κ1) is 25.0. The Morgan fingerprint density at radius 1 is 1.18 bits per heavy atom. The number of ether oxygens (including phenoxy) is 1. The Morgan fingerprint density at radius 3 is 2.61 bits per heavy atom. The summed E-state index contributed by atoms with van der Waals surface area (Å²) in [6.45, 7) is 2.57. The van der Waals surface area contributed by atoms with Crippen molar-refractivity contribution >= 4 is 69.4 Å². The summed E-state index contributed by atoms with van der Waals surface area (Å²) in [6, 6.07) is 13.7. The molecule has 0 aromatic heterocycles. The van der Waals surface area contributed by atoms with Crippen LogP contribution in [0.2, 0.25) is 5.02 Å². The Kier molecular flexibility index (Phi) is 9.05. The third kappa shape index (κ3) is 6.90. The molecule has 0 atom stereocenters. The Bertz CT molecular complexity index is 1090. The fourth-order valence-electron chi connectivity index (χ4n) is 2.95. The van der Waals surface area contributed by atoms with Gasteiger partial charge in [-0.2, -0.15) is 0 Å². The van der Waals surface area contributed by atoms with E-state index in [4.69, 9.17) is 28.6 Å². The zero-order valence-electron chi connectivity index (χ0n) is 18.0. The van der Waals surface area contributed by atoms with E-state index in [1.807, 2.05) is 25.1 Å². The molecule has 0 bridgehead atoms. The van der Waals surface area contributed by atoms with Crippen molar-refractivity contribution in [3.8, 4) is 0 Å². The van der Waals surface area contributed by atoms with Gasteiger partial charge in [0.25, 0.3) is 5.91 Å². The highest BCUT2D eigenvalue weighted by molar-refractivity contribution is 8.26. The standard InChI is InChI=1S/C24H23ClN2O4S2/c1-2-3-14-31-23(30)16-8-10-18(11-9-16)26-21(28)12-13-27-22(29)20(33-24(27)32)15-17-6-4-5-7-19(17)25/h4-11,15H,2-3,12-14H2,1H3,(H,26,28)/b20-15+. The first-order valence-electron chi connectivity index (χ1n) is 10.5. The lowest BCUT2D eigenvalue weighted by molar-refractivity contribution is -0.122. The molecule has 0 radical (unpaired) electrons. The van der Waals surface area contributed by atoms with E-state index in [1.165, 1.54) is 16.7 Å². The maximum absolute atomic E-state index is 12.7. The number of carbonyl (C=O) groups is 3. The number of hydrogen-bond donors (Lipinski definition) is 1. The molecule has 0 unspecified atom stereocenters. The molecule has 2 aromatic rings. The fraction of sp³-hybridized carbons (Fsp3) is 0.250. The first-order valence-corrected chi connectivity index (χ1v) is 12.1. The fourth-order valence-corrected chi connectivity index (χ4v) is 4.43. The van der Waals surface area contributed by atoms with E-state index in [1.54, 1.807) is 36.4 Å². The van der Waals surface area contributed by atoms with Crippen LogP contribution >= 0.6 is 35.6 Å². The van der Waals surface area contributed by atoms with Crippen molar-refractivity contribution in [2.24, 2.45) is 0 Å². The van der Waals surface area contributed by atoms with Gasteiger partial charge in [0.1, 0.15) is 4.32 Å². The van der Waals surface area contributed by atoms with Gasteiger partial charge < -0.3 is 10.1 Å². The van der Waals surface area contributed by atoms with Gasteiger partial charge in [0.05, 0.1) is 17.1 Å². The van der Waals surface area contributed by atoms with Crippen LogP contribution in [0.1, 0.15) is 42.1 Å². The zero-order valence-corrected chi connectivity index (χ0v) is 20.4. The zero-order chi connectivity index (χ0) is 23.8. The van der Waals surface area contributed by atoms with Crippen LogP contribution in [-0.2, 0) is 14.3 Å². The van der Waals surface area contributed by atoms with Gasteiger partial charge in [-0.25, -0.2) is 4.79 Å².